The maximum absolute atomic E-state index is 4.12. The first-order valence-corrected chi connectivity index (χ1v) is 5.57. The minimum absolute atomic E-state index is 0.534. The molecule has 2 rings (SSSR count). The van der Waals surface area contributed by atoms with E-state index in [0.717, 1.165) is 0 Å². The van der Waals surface area contributed by atoms with E-state index in [1.807, 2.05) is 6.20 Å². The lowest BCUT2D eigenvalue weighted by Crippen LogP contribution is -1.99. The van der Waals surface area contributed by atoms with Crippen molar-refractivity contribution in [2.75, 3.05) is 0 Å². The van der Waals surface area contributed by atoms with E-state index in [0.29, 0.717) is 11.8 Å². The van der Waals surface area contributed by atoms with Crippen LogP contribution in [0.2, 0.25) is 0 Å². The van der Waals surface area contributed by atoms with Crippen LogP contribution in [0.3, 0.4) is 0 Å². The number of hydrogen-bond donors (Lipinski definition) is 1. The summed E-state index contributed by atoms with van der Waals surface area (Å²) in [5.41, 5.74) is 4.05. The fourth-order valence-electron chi connectivity index (χ4n) is 2.18. The van der Waals surface area contributed by atoms with E-state index in [9.17, 15) is 0 Å². The van der Waals surface area contributed by atoms with Crippen molar-refractivity contribution in [1.29, 1.82) is 0 Å². The van der Waals surface area contributed by atoms with Crippen molar-refractivity contribution >= 4 is 10.9 Å². The van der Waals surface area contributed by atoms with E-state index >= 15 is 0 Å². The summed E-state index contributed by atoms with van der Waals surface area (Å²) < 4.78 is 0. The second kappa shape index (κ2) is 3.69. The summed E-state index contributed by atoms with van der Waals surface area (Å²) in [6, 6.07) is 4.39. The molecule has 2 aromatic rings. The Kier molecular flexibility index (Phi) is 2.51. The van der Waals surface area contributed by atoms with Crippen molar-refractivity contribution in [2.24, 2.45) is 0 Å². The molecule has 0 aliphatic carbocycles. The molecule has 80 valence electrons. The summed E-state index contributed by atoms with van der Waals surface area (Å²) in [6.45, 7) is 8.95. The van der Waals surface area contributed by atoms with Gasteiger partial charge < -0.3 is 0 Å². The van der Waals surface area contributed by atoms with Crippen molar-refractivity contribution in [3.8, 4) is 0 Å². The first-order valence-electron chi connectivity index (χ1n) is 5.57. The van der Waals surface area contributed by atoms with Crippen LogP contribution in [0.25, 0.3) is 10.9 Å². The summed E-state index contributed by atoms with van der Waals surface area (Å²) in [5, 5.41) is 8.45. The summed E-state index contributed by atoms with van der Waals surface area (Å²) in [7, 11) is 0. The van der Waals surface area contributed by atoms with Gasteiger partial charge in [-0.1, -0.05) is 39.8 Å². The number of nitrogens with one attached hydrogen (secondary N) is 1. The lowest BCUT2D eigenvalue weighted by Gasteiger charge is -2.16. The molecule has 0 atom stereocenters. The van der Waals surface area contributed by atoms with E-state index in [2.05, 4.69) is 50.0 Å². The van der Waals surface area contributed by atoms with Crippen molar-refractivity contribution < 1.29 is 0 Å². The van der Waals surface area contributed by atoms with Crippen LogP contribution in [0.4, 0.5) is 0 Å². The molecule has 2 heteroatoms. The van der Waals surface area contributed by atoms with E-state index < -0.39 is 0 Å². The number of benzene rings is 1. The van der Waals surface area contributed by atoms with Gasteiger partial charge in [-0.3, -0.25) is 5.10 Å². The first-order chi connectivity index (χ1) is 7.11. The predicted molar refractivity (Wildman–Crippen MR) is 64.3 cm³/mol. The third-order valence-electron chi connectivity index (χ3n) is 2.89. The number of rotatable bonds is 2. The Bertz CT molecular complexity index is 466. The molecule has 0 spiro atoms. The highest BCUT2D eigenvalue weighted by molar-refractivity contribution is 5.83. The van der Waals surface area contributed by atoms with Gasteiger partial charge >= 0.3 is 0 Å². The summed E-state index contributed by atoms with van der Waals surface area (Å²) in [4.78, 5) is 0. The monoisotopic (exact) mass is 202 g/mol. The van der Waals surface area contributed by atoms with E-state index in [-0.39, 0.29) is 0 Å². The topological polar surface area (TPSA) is 28.7 Å². The van der Waals surface area contributed by atoms with Crippen LogP contribution in [-0.2, 0) is 0 Å². The van der Waals surface area contributed by atoms with Crippen molar-refractivity contribution in [3.05, 3.63) is 29.5 Å². The highest BCUT2D eigenvalue weighted by atomic mass is 15.1. The van der Waals surface area contributed by atoms with Crippen LogP contribution in [0.15, 0.2) is 18.3 Å². The zero-order chi connectivity index (χ0) is 11.0. The summed E-state index contributed by atoms with van der Waals surface area (Å²) >= 11 is 0. The van der Waals surface area contributed by atoms with Crippen LogP contribution >= 0.6 is 0 Å². The van der Waals surface area contributed by atoms with E-state index in [4.69, 9.17) is 0 Å². The van der Waals surface area contributed by atoms with E-state index in [1.54, 1.807) is 0 Å². The standard InChI is InChI=1S/C13H18N2/c1-8(2)11-6-5-10-7-14-15-13(10)12(11)9(3)4/h5-9H,1-4H3,(H,14,15). The SMILES string of the molecule is CC(C)c1ccc2cn[nH]c2c1C(C)C. The Labute approximate surface area is 90.7 Å². The zero-order valence-corrected chi connectivity index (χ0v) is 9.83. The molecule has 1 N–H and O–H groups in total. The summed E-state index contributed by atoms with van der Waals surface area (Å²) in [6.07, 6.45) is 1.89. The number of aromatic amines is 1. The Hall–Kier alpha value is -1.31. The Morgan fingerprint density at radius 1 is 1.07 bits per heavy atom. The molecule has 0 fully saturated rings. The first kappa shape index (κ1) is 10.2. The second-order valence-electron chi connectivity index (χ2n) is 4.71. The molecular weight excluding hydrogens is 184 g/mol. The van der Waals surface area contributed by atoms with Gasteiger partial charge in [0.25, 0.3) is 0 Å². The number of nitrogens with zero attached hydrogens (tertiary/aromatic N) is 1. The predicted octanol–water partition coefficient (Wildman–Crippen LogP) is 3.81. The third-order valence-corrected chi connectivity index (χ3v) is 2.89. The number of fused-ring (bicyclic) bond motifs is 1. The van der Waals surface area contributed by atoms with Gasteiger partial charge in [0.15, 0.2) is 0 Å². The lowest BCUT2D eigenvalue weighted by molar-refractivity contribution is 0.795. The zero-order valence-electron chi connectivity index (χ0n) is 9.83. The molecule has 0 unspecified atom stereocenters. The molecule has 0 bridgehead atoms. The molecule has 0 saturated carbocycles. The average Bonchev–Trinajstić information content (AvgIpc) is 2.62. The molecule has 0 aliphatic heterocycles. The van der Waals surface area contributed by atoms with Gasteiger partial charge in [-0.2, -0.15) is 5.10 Å². The van der Waals surface area contributed by atoms with Crippen LogP contribution in [0.5, 0.6) is 0 Å². The third kappa shape index (κ3) is 1.65. The quantitative estimate of drug-likeness (QED) is 0.788. The average molecular weight is 202 g/mol. The van der Waals surface area contributed by atoms with Crippen LogP contribution in [0, 0.1) is 0 Å². The van der Waals surface area contributed by atoms with Crippen LogP contribution in [0.1, 0.15) is 50.7 Å². The Morgan fingerprint density at radius 3 is 2.40 bits per heavy atom. The second-order valence-corrected chi connectivity index (χ2v) is 4.71. The highest BCUT2D eigenvalue weighted by Crippen LogP contribution is 2.31. The molecule has 2 nitrogen and oxygen atoms in total. The number of hydrogen-bond acceptors (Lipinski definition) is 1. The molecule has 1 aromatic heterocycles. The fraction of sp³-hybridized carbons (Fsp3) is 0.462. The van der Waals surface area contributed by atoms with Crippen LogP contribution < -0.4 is 0 Å². The smallest absolute Gasteiger partial charge is 0.0687 e. The normalized spacial score (nSPS) is 11.9. The number of aromatic nitrogens is 2. The van der Waals surface area contributed by atoms with Gasteiger partial charge in [0, 0.05) is 5.39 Å². The van der Waals surface area contributed by atoms with Crippen molar-refractivity contribution in [3.63, 3.8) is 0 Å². The molecule has 15 heavy (non-hydrogen) atoms. The van der Waals surface area contributed by atoms with Crippen molar-refractivity contribution in [2.45, 2.75) is 39.5 Å². The minimum atomic E-state index is 0.534. The maximum atomic E-state index is 4.12. The van der Waals surface area contributed by atoms with Gasteiger partial charge in [-0.05, 0) is 23.0 Å². The van der Waals surface area contributed by atoms with Gasteiger partial charge in [0.1, 0.15) is 0 Å². The summed E-state index contributed by atoms with van der Waals surface area (Å²) in [5.74, 6) is 1.10. The molecule has 0 radical (unpaired) electrons. The largest absolute Gasteiger partial charge is 0.278 e. The van der Waals surface area contributed by atoms with Gasteiger partial charge in [0.05, 0.1) is 11.7 Å². The minimum Gasteiger partial charge on any atom is -0.278 e. The molecule has 1 heterocycles. The number of H-pyrrole nitrogens is 1. The highest BCUT2D eigenvalue weighted by Gasteiger charge is 2.14. The Balaban J connectivity index is 2.75. The molecule has 1 aromatic carbocycles. The van der Waals surface area contributed by atoms with Gasteiger partial charge in [0.2, 0.25) is 0 Å². The molecule has 0 saturated heterocycles. The Morgan fingerprint density at radius 2 is 1.80 bits per heavy atom. The lowest BCUT2D eigenvalue weighted by atomic mass is 9.89. The molecule has 0 amide bonds. The van der Waals surface area contributed by atoms with Crippen LogP contribution in [-0.4, -0.2) is 10.2 Å². The van der Waals surface area contributed by atoms with Gasteiger partial charge in [-0.15, -0.1) is 0 Å². The molecular formula is C13H18N2. The molecule has 0 aliphatic rings. The van der Waals surface area contributed by atoms with Crippen molar-refractivity contribution in [1.82, 2.24) is 10.2 Å². The van der Waals surface area contributed by atoms with E-state index in [1.165, 1.54) is 22.0 Å². The van der Waals surface area contributed by atoms with Gasteiger partial charge in [-0.25, -0.2) is 0 Å². The fourth-order valence-corrected chi connectivity index (χ4v) is 2.18. The maximum Gasteiger partial charge on any atom is 0.0687 e.